The van der Waals surface area contributed by atoms with Crippen molar-refractivity contribution in [2.24, 2.45) is 10.8 Å². The van der Waals surface area contributed by atoms with Crippen LogP contribution in [0.3, 0.4) is 0 Å². The summed E-state index contributed by atoms with van der Waals surface area (Å²) in [4.78, 5) is 0.785. The Hall–Kier alpha value is 0.650. The van der Waals surface area contributed by atoms with Gasteiger partial charge in [0.1, 0.15) is 0 Å². The van der Waals surface area contributed by atoms with Gasteiger partial charge in [0.05, 0.1) is 11.5 Å². The second-order valence-corrected chi connectivity index (χ2v) is 9.53. The van der Waals surface area contributed by atoms with Crippen LogP contribution in [0, 0.1) is 10.8 Å². The van der Waals surface area contributed by atoms with E-state index in [4.69, 9.17) is 0 Å². The van der Waals surface area contributed by atoms with E-state index in [0.29, 0.717) is 21.2 Å². The lowest BCUT2D eigenvalue weighted by molar-refractivity contribution is 0.109. The van der Waals surface area contributed by atoms with Gasteiger partial charge < -0.3 is 0 Å². The van der Waals surface area contributed by atoms with Gasteiger partial charge in [-0.3, -0.25) is 0 Å². The van der Waals surface area contributed by atoms with Crippen LogP contribution < -0.4 is 0 Å². The van der Waals surface area contributed by atoms with Gasteiger partial charge in [0.25, 0.3) is 0 Å². The molecule has 2 aliphatic carbocycles. The molecule has 84 valence electrons. The number of hydrogen-bond acceptors (Lipinski definition) is 2. The monoisotopic (exact) mass is 354 g/mol. The predicted molar refractivity (Wildman–Crippen MR) is 67.3 cm³/mol. The highest BCUT2D eigenvalue weighted by Gasteiger charge is 2.65. The van der Waals surface area contributed by atoms with Crippen molar-refractivity contribution in [2.45, 2.75) is 22.5 Å². The first kappa shape index (κ1) is 10.8. The zero-order chi connectivity index (χ0) is 10.9. The third-order valence-corrected chi connectivity index (χ3v) is 8.72. The second kappa shape index (κ2) is 2.91. The summed E-state index contributed by atoms with van der Waals surface area (Å²) < 4.78 is 23.6. The van der Waals surface area contributed by atoms with Gasteiger partial charge in [0.2, 0.25) is 0 Å². The van der Waals surface area contributed by atoms with E-state index >= 15 is 0 Å². The van der Waals surface area contributed by atoms with Crippen LogP contribution >= 0.6 is 31.9 Å². The molecule has 0 aromatic rings. The summed E-state index contributed by atoms with van der Waals surface area (Å²) in [6, 6.07) is 0. The molecule has 4 atom stereocenters. The molecule has 1 heterocycles. The average molecular weight is 356 g/mol. The van der Waals surface area contributed by atoms with Crippen LogP contribution in [-0.4, -0.2) is 29.6 Å². The van der Waals surface area contributed by atoms with E-state index in [1.165, 1.54) is 0 Å². The highest BCUT2D eigenvalue weighted by Crippen LogP contribution is 2.65. The highest BCUT2D eigenvalue weighted by molar-refractivity contribution is 9.12. The zero-order valence-electron chi connectivity index (χ0n) is 8.12. The van der Waals surface area contributed by atoms with E-state index in [1.54, 1.807) is 0 Å². The molecule has 0 N–H and O–H groups in total. The molecule has 0 unspecified atom stereocenters. The molecule has 0 radical (unpaired) electrons. The van der Waals surface area contributed by atoms with Gasteiger partial charge in [-0.1, -0.05) is 44.0 Å². The third kappa shape index (κ3) is 1.29. The number of rotatable bonds is 0. The fourth-order valence-corrected chi connectivity index (χ4v) is 7.59. The lowest BCUT2D eigenvalue weighted by atomic mass is 9.51. The van der Waals surface area contributed by atoms with E-state index in [9.17, 15) is 8.42 Å². The van der Waals surface area contributed by atoms with Crippen molar-refractivity contribution in [3.8, 4) is 0 Å². The minimum atomic E-state index is -2.83. The number of halogens is 2. The molecule has 3 aliphatic rings. The fraction of sp³-hybridized carbons (Fsp3) is 0.800. The maximum absolute atomic E-state index is 11.8. The van der Waals surface area contributed by atoms with Crippen LogP contribution in [0.25, 0.3) is 0 Å². The van der Waals surface area contributed by atoms with Crippen LogP contribution in [0.5, 0.6) is 0 Å². The van der Waals surface area contributed by atoms with Crippen molar-refractivity contribution in [1.29, 1.82) is 0 Å². The summed E-state index contributed by atoms with van der Waals surface area (Å²) in [6.45, 7) is 0. The number of allylic oxidation sites excluding steroid dienone is 2. The van der Waals surface area contributed by atoms with Gasteiger partial charge in [0, 0.05) is 20.5 Å². The van der Waals surface area contributed by atoms with Crippen LogP contribution in [0.4, 0.5) is 0 Å². The smallest absolute Gasteiger partial charge is 0.152 e. The lowest BCUT2D eigenvalue weighted by Gasteiger charge is -2.54. The molecule has 1 saturated carbocycles. The lowest BCUT2D eigenvalue weighted by Crippen LogP contribution is -2.53. The van der Waals surface area contributed by atoms with Gasteiger partial charge in [-0.05, 0) is 12.8 Å². The Labute approximate surface area is 107 Å². The first-order chi connectivity index (χ1) is 6.88. The molecule has 1 aliphatic heterocycles. The summed E-state index contributed by atoms with van der Waals surface area (Å²) >= 11 is 7.29. The van der Waals surface area contributed by atoms with Gasteiger partial charge in [0.15, 0.2) is 9.84 Å². The molecule has 0 spiro atoms. The molecule has 2 nitrogen and oxygen atoms in total. The fourth-order valence-electron chi connectivity index (χ4n) is 3.39. The molecule has 0 amide bonds. The molecule has 3 rings (SSSR count). The van der Waals surface area contributed by atoms with E-state index in [1.807, 2.05) is 0 Å². The van der Waals surface area contributed by atoms with Crippen LogP contribution in [0.2, 0.25) is 0 Å². The Kier molecular flexibility index (Phi) is 2.09. The van der Waals surface area contributed by atoms with E-state index in [-0.39, 0.29) is 10.8 Å². The van der Waals surface area contributed by atoms with Gasteiger partial charge in [-0.15, -0.1) is 0 Å². The van der Waals surface area contributed by atoms with E-state index in [2.05, 4.69) is 44.0 Å². The summed E-state index contributed by atoms with van der Waals surface area (Å²) in [5.74, 6) is 0.719. The van der Waals surface area contributed by atoms with Crippen LogP contribution in [0.15, 0.2) is 12.2 Å². The Morgan fingerprint density at radius 2 is 1.40 bits per heavy atom. The topological polar surface area (TPSA) is 34.1 Å². The van der Waals surface area contributed by atoms with Gasteiger partial charge in [-0.2, -0.15) is 0 Å². The van der Waals surface area contributed by atoms with Crippen molar-refractivity contribution < 1.29 is 8.42 Å². The SMILES string of the molecule is O=S1(=O)C[C@@]23C=C[C@@]2(C[C@@H](Br)[C@H](Br)C3)C1. The molecule has 0 aromatic heterocycles. The average Bonchev–Trinajstić information content (AvgIpc) is 2.25. The van der Waals surface area contributed by atoms with Gasteiger partial charge in [-0.25, -0.2) is 8.42 Å². The first-order valence-electron chi connectivity index (χ1n) is 5.07. The quantitative estimate of drug-likeness (QED) is 0.493. The number of sulfone groups is 1. The molecular weight excluding hydrogens is 344 g/mol. The maximum atomic E-state index is 11.8. The van der Waals surface area contributed by atoms with Crippen molar-refractivity contribution >= 4 is 41.7 Å². The molecular formula is C10H12Br2O2S. The Morgan fingerprint density at radius 1 is 1.00 bits per heavy atom. The second-order valence-electron chi connectivity index (χ2n) is 5.12. The molecule has 0 bridgehead atoms. The van der Waals surface area contributed by atoms with Gasteiger partial charge >= 0.3 is 0 Å². The molecule has 5 heteroatoms. The highest BCUT2D eigenvalue weighted by atomic mass is 79.9. The summed E-state index contributed by atoms with van der Waals surface area (Å²) in [7, 11) is -2.83. The summed E-state index contributed by atoms with van der Waals surface area (Å²) in [5, 5.41) is 0. The summed E-state index contributed by atoms with van der Waals surface area (Å²) in [5.41, 5.74) is -0.103. The van der Waals surface area contributed by atoms with E-state index in [0.717, 1.165) is 12.8 Å². The number of alkyl halides is 2. The molecule has 0 aromatic carbocycles. The zero-order valence-corrected chi connectivity index (χ0v) is 12.1. The molecule has 2 fully saturated rings. The van der Waals surface area contributed by atoms with Crippen molar-refractivity contribution in [3.63, 3.8) is 0 Å². The Bertz CT molecular complexity index is 410. The van der Waals surface area contributed by atoms with Crippen molar-refractivity contribution in [1.82, 2.24) is 0 Å². The van der Waals surface area contributed by atoms with Crippen molar-refractivity contribution in [3.05, 3.63) is 12.2 Å². The normalized spacial score (nSPS) is 55.6. The minimum absolute atomic E-state index is 0.0513. The Balaban J connectivity index is 2.06. The number of hydrogen-bond donors (Lipinski definition) is 0. The largest absolute Gasteiger partial charge is 0.229 e. The maximum Gasteiger partial charge on any atom is 0.152 e. The van der Waals surface area contributed by atoms with Crippen molar-refractivity contribution in [2.75, 3.05) is 11.5 Å². The first-order valence-corrected chi connectivity index (χ1v) is 8.72. The standard InChI is InChI=1S/C10H12Br2O2S/c11-7-3-9-1-2-10(9,4-8(7)12)6-15(13,14)5-9/h1-2,7-8H,3-6H2/t7-,8-,9-,10+/m1/s1. The molecule has 1 saturated heterocycles. The van der Waals surface area contributed by atoms with E-state index < -0.39 is 9.84 Å². The predicted octanol–water partition coefficient (Wildman–Crippen LogP) is 2.28. The Morgan fingerprint density at radius 3 is 1.73 bits per heavy atom. The van der Waals surface area contributed by atoms with Crippen LogP contribution in [0.1, 0.15) is 12.8 Å². The summed E-state index contributed by atoms with van der Waals surface area (Å²) in [6.07, 6.45) is 6.15. The van der Waals surface area contributed by atoms with Crippen LogP contribution in [-0.2, 0) is 9.84 Å². The molecule has 15 heavy (non-hydrogen) atoms. The third-order valence-electron chi connectivity index (χ3n) is 4.18. The minimum Gasteiger partial charge on any atom is -0.229 e.